The van der Waals surface area contributed by atoms with Gasteiger partial charge in [-0.3, -0.25) is 9.59 Å². The number of amides is 1. The van der Waals surface area contributed by atoms with E-state index in [0.717, 1.165) is 18.4 Å². The van der Waals surface area contributed by atoms with Crippen molar-refractivity contribution in [1.29, 1.82) is 0 Å². The Morgan fingerprint density at radius 3 is 2.73 bits per heavy atom. The zero-order valence-corrected chi connectivity index (χ0v) is 17.5. The number of carbonyl (C=O) groups is 1. The van der Waals surface area contributed by atoms with Gasteiger partial charge in [-0.25, -0.2) is 4.98 Å². The molecule has 1 aliphatic rings. The second-order valence-electron chi connectivity index (χ2n) is 7.27. The summed E-state index contributed by atoms with van der Waals surface area (Å²) >= 11 is 6.09. The molecular formula is C22H22ClN3O4. The number of nitrogens with zero attached hydrogens (tertiary/aromatic N) is 2. The topological polar surface area (TPSA) is 84.5 Å². The Kier molecular flexibility index (Phi) is 5.63. The van der Waals surface area contributed by atoms with E-state index in [0.29, 0.717) is 40.5 Å². The van der Waals surface area contributed by atoms with Crippen LogP contribution in [0.15, 0.2) is 41.2 Å². The minimum atomic E-state index is -0.520. The highest BCUT2D eigenvalue weighted by Gasteiger charge is 2.32. The quantitative estimate of drug-likeness (QED) is 0.674. The van der Waals surface area contributed by atoms with Gasteiger partial charge in [0, 0.05) is 29.7 Å². The molecule has 2 aromatic carbocycles. The standard InChI is InChI=1S/C22H22ClN3O4/c1-29-18-11-16-17(12-19(18)30-2)25-21(27)20(24-16)22(28)26-8-4-7-15(26)10-13-5-3-6-14(23)9-13/h3,5-6,9,11-12,15H,4,7-8,10H2,1-2H3,(H,25,27). The summed E-state index contributed by atoms with van der Waals surface area (Å²) in [4.78, 5) is 34.7. The average molecular weight is 428 g/mol. The van der Waals surface area contributed by atoms with Crippen molar-refractivity contribution in [3.63, 3.8) is 0 Å². The van der Waals surface area contributed by atoms with Gasteiger partial charge < -0.3 is 19.4 Å². The third kappa shape index (κ3) is 3.85. The van der Waals surface area contributed by atoms with Crippen LogP contribution >= 0.6 is 11.6 Å². The molecule has 1 saturated heterocycles. The first-order valence-corrected chi connectivity index (χ1v) is 10.1. The van der Waals surface area contributed by atoms with E-state index in [9.17, 15) is 9.59 Å². The first kappa shape index (κ1) is 20.2. The lowest BCUT2D eigenvalue weighted by molar-refractivity contribution is 0.0729. The average Bonchev–Trinajstić information content (AvgIpc) is 3.19. The van der Waals surface area contributed by atoms with Gasteiger partial charge in [-0.15, -0.1) is 0 Å². The number of ether oxygens (including phenoxy) is 2. The lowest BCUT2D eigenvalue weighted by atomic mass is 10.0. The molecule has 0 bridgehead atoms. The van der Waals surface area contributed by atoms with Crippen molar-refractivity contribution in [3.8, 4) is 11.5 Å². The third-order valence-electron chi connectivity index (χ3n) is 5.40. The molecule has 0 radical (unpaired) electrons. The van der Waals surface area contributed by atoms with Gasteiger partial charge in [0.1, 0.15) is 0 Å². The van der Waals surface area contributed by atoms with Crippen molar-refractivity contribution in [1.82, 2.24) is 14.9 Å². The highest BCUT2D eigenvalue weighted by atomic mass is 35.5. The summed E-state index contributed by atoms with van der Waals surface area (Å²) in [5.74, 6) is 0.586. The molecule has 7 nitrogen and oxygen atoms in total. The number of hydrogen-bond donors (Lipinski definition) is 1. The molecule has 2 heterocycles. The van der Waals surface area contributed by atoms with Gasteiger partial charge in [0.2, 0.25) is 0 Å². The third-order valence-corrected chi connectivity index (χ3v) is 5.63. The van der Waals surface area contributed by atoms with Crippen LogP contribution in [0.5, 0.6) is 11.5 Å². The van der Waals surface area contributed by atoms with Gasteiger partial charge >= 0.3 is 0 Å². The fraction of sp³-hybridized carbons (Fsp3) is 0.318. The maximum absolute atomic E-state index is 13.2. The Balaban J connectivity index is 1.66. The zero-order valence-electron chi connectivity index (χ0n) is 16.8. The van der Waals surface area contributed by atoms with E-state index in [1.807, 2.05) is 24.3 Å². The number of aromatic nitrogens is 2. The number of aromatic amines is 1. The Morgan fingerprint density at radius 1 is 1.23 bits per heavy atom. The smallest absolute Gasteiger partial charge is 0.280 e. The highest BCUT2D eigenvalue weighted by Crippen LogP contribution is 2.30. The van der Waals surface area contributed by atoms with Gasteiger partial charge in [0.15, 0.2) is 17.2 Å². The molecule has 1 N–H and O–H groups in total. The predicted molar refractivity (Wildman–Crippen MR) is 115 cm³/mol. The fourth-order valence-corrected chi connectivity index (χ4v) is 4.16. The van der Waals surface area contributed by atoms with Crippen molar-refractivity contribution >= 4 is 28.5 Å². The SMILES string of the molecule is COc1cc2nc(C(=O)N3CCCC3Cc3cccc(Cl)c3)c(=O)[nH]c2cc1OC. The number of rotatable bonds is 5. The summed E-state index contributed by atoms with van der Waals surface area (Å²) in [6, 6.07) is 10.9. The summed E-state index contributed by atoms with van der Waals surface area (Å²) in [6.45, 7) is 0.592. The number of nitrogens with one attached hydrogen (secondary N) is 1. The molecule has 0 aliphatic carbocycles. The molecule has 30 heavy (non-hydrogen) atoms. The first-order valence-electron chi connectivity index (χ1n) is 9.71. The van der Waals surface area contributed by atoms with Crippen LogP contribution in [0, 0.1) is 0 Å². The summed E-state index contributed by atoms with van der Waals surface area (Å²) in [6.07, 6.45) is 2.44. The molecular weight excluding hydrogens is 406 g/mol. The van der Waals surface area contributed by atoms with Crippen LogP contribution in [0.4, 0.5) is 0 Å². The molecule has 1 aromatic heterocycles. The Morgan fingerprint density at radius 2 is 2.00 bits per heavy atom. The number of likely N-dealkylation sites (tertiary alicyclic amines) is 1. The van der Waals surface area contributed by atoms with E-state index in [1.54, 1.807) is 17.0 Å². The Bertz CT molecular complexity index is 1160. The largest absolute Gasteiger partial charge is 0.493 e. The molecule has 1 fully saturated rings. The van der Waals surface area contributed by atoms with Crippen molar-refractivity contribution in [2.75, 3.05) is 20.8 Å². The number of benzene rings is 2. The molecule has 3 aromatic rings. The van der Waals surface area contributed by atoms with Gasteiger partial charge in [0.25, 0.3) is 11.5 Å². The van der Waals surface area contributed by atoms with Gasteiger partial charge in [-0.2, -0.15) is 0 Å². The van der Waals surface area contributed by atoms with Gasteiger partial charge in [-0.1, -0.05) is 23.7 Å². The number of hydrogen-bond acceptors (Lipinski definition) is 5. The molecule has 156 valence electrons. The minimum Gasteiger partial charge on any atom is -0.493 e. The fourth-order valence-electron chi connectivity index (χ4n) is 3.95. The van der Waals surface area contributed by atoms with E-state index in [4.69, 9.17) is 21.1 Å². The van der Waals surface area contributed by atoms with Crippen LogP contribution in [0.3, 0.4) is 0 Å². The molecule has 4 rings (SSSR count). The first-order chi connectivity index (χ1) is 14.5. The monoisotopic (exact) mass is 427 g/mol. The molecule has 1 unspecified atom stereocenters. The normalized spacial score (nSPS) is 16.1. The van der Waals surface area contributed by atoms with Crippen LogP contribution in [-0.4, -0.2) is 47.6 Å². The number of methoxy groups -OCH3 is 2. The molecule has 0 saturated carbocycles. The van der Waals surface area contributed by atoms with E-state index < -0.39 is 5.56 Å². The summed E-state index contributed by atoms with van der Waals surface area (Å²) in [7, 11) is 3.03. The molecule has 8 heteroatoms. The summed E-state index contributed by atoms with van der Waals surface area (Å²) in [5.41, 5.74) is 1.36. The van der Waals surface area contributed by atoms with E-state index >= 15 is 0 Å². The Labute approximate surface area is 178 Å². The number of carbonyl (C=O) groups excluding carboxylic acids is 1. The van der Waals surface area contributed by atoms with E-state index in [2.05, 4.69) is 9.97 Å². The van der Waals surface area contributed by atoms with Crippen molar-refractivity contribution in [2.45, 2.75) is 25.3 Å². The molecule has 1 amide bonds. The lowest BCUT2D eigenvalue weighted by Gasteiger charge is -2.24. The maximum atomic E-state index is 13.2. The van der Waals surface area contributed by atoms with Crippen molar-refractivity contribution in [3.05, 3.63) is 63.0 Å². The predicted octanol–water partition coefficient (Wildman–Crippen LogP) is 3.44. The molecule has 1 aliphatic heterocycles. The van der Waals surface area contributed by atoms with Crippen LogP contribution in [0.2, 0.25) is 5.02 Å². The lowest BCUT2D eigenvalue weighted by Crippen LogP contribution is -2.40. The van der Waals surface area contributed by atoms with Crippen LogP contribution < -0.4 is 15.0 Å². The number of halogens is 1. The minimum absolute atomic E-state index is 0.00160. The van der Waals surface area contributed by atoms with Crippen LogP contribution in [0.1, 0.15) is 28.9 Å². The van der Waals surface area contributed by atoms with Crippen molar-refractivity contribution in [2.24, 2.45) is 0 Å². The van der Waals surface area contributed by atoms with Crippen LogP contribution in [0.25, 0.3) is 11.0 Å². The number of fused-ring (bicyclic) bond motifs is 1. The van der Waals surface area contributed by atoms with Crippen molar-refractivity contribution < 1.29 is 14.3 Å². The number of H-pyrrole nitrogens is 1. The summed E-state index contributed by atoms with van der Waals surface area (Å²) in [5, 5.41) is 0.667. The van der Waals surface area contributed by atoms with Gasteiger partial charge in [0.05, 0.1) is 25.3 Å². The Hall–Kier alpha value is -3.06. The second kappa shape index (κ2) is 8.36. The second-order valence-corrected chi connectivity index (χ2v) is 7.70. The molecule has 1 atom stereocenters. The van der Waals surface area contributed by atoms with E-state index in [1.165, 1.54) is 14.2 Å². The highest BCUT2D eigenvalue weighted by molar-refractivity contribution is 6.30. The van der Waals surface area contributed by atoms with Gasteiger partial charge in [-0.05, 0) is 37.0 Å². The van der Waals surface area contributed by atoms with Crippen LogP contribution in [-0.2, 0) is 6.42 Å². The maximum Gasteiger partial charge on any atom is 0.280 e. The zero-order chi connectivity index (χ0) is 21.3. The molecule has 0 spiro atoms. The summed E-state index contributed by atoms with van der Waals surface area (Å²) < 4.78 is 10.6. The van der Waals surface area contributed by atoms with E-state index in [-0.39, 0.29) is 17.6 Å².